The predicted molar refractivity (Wildman–Crippen MR) is 82.4 cm³/mol. The van der Waals surface area contributed by atoms with E-state index in [1.807, 2.05) is 13.0 Å². The van der Waals surface area contributed by atoms with Gasteiger partial charge in [0, 0.05) is 17.5 Å². The van der Waals surface area contributed by atoms with E-state index in [1.54, 1.807) is 11.3 Å². The average molecular weight is 275 g/mol. The molecule has 1 heterocycles. The van der Waals surface area contributed by atoms with Gasteiger partial charge in [0.15, 0.2) is 0 Å². The van der Waals surface area contributed by atoms with Crippen LogP contribution in [0.5, 0.6) is 0 Å². The van der Waals surface area contributed by atoms with E-state index < -0.39 is 0 Å². The first-order chi connectivity index (χ1) is 9.15. The maximum absolute atomic E-state index is 9.34. The Hall–Kier alpha value is -1.16. The van der Waals surface area contributed by atoms with E-state index in [4.69, 9.17) is 0 Å². The van der Waals surface area contributed by atoms with E-state index in [0.717, 1.165) is 13.0 Å². The minimum absolute atomic E-state index is 0.245. The van der Waals surface area contributed by atoms with Crippen LogP contribution in [0, 0.1) is 0 Å². The maximum Gasteiger partial charge on any atom is 0.0526 e. The second-order valence-electron chi connectivity index (χ2n) is 5.03. The summed E-state index contributed by atoms with van der Waals surface area (Å²) in [6.07, 6.45) is 0.544. The van der Waals surface area contributed by atoms with Gasteiger partial charge in [0.25, 0.3) is 0 Å². The fraction of sp³-hybridized carbons (Fsp3) is 0.375. The molecule has 2 atom stereocenters. The van der Waals surface area contributed by atoms with Gasteiger partial charge < -0.3 is 10.4 Å². The molecule has 0 aliphatic heterocycles. The van der Waals surface area contributed by atoms with Crippen molar-refractivity contribution in [2.45, 2.75) is 39.0 Å². The van der Waals surface area contributed by atoms with E-state index in [2.05, 4.69) is 48.0 Å². The molecule has 1 aromatic carbocycles. The third kappa shape index (κ3) is 4.46. The smallest absolute Gasteiger partial charge is 0.0526 e. The molecule has 0 aliphatic rings. The summed E-state index contributed by atoms with van der Waals surface area (Å²) < 4.78 is 0. The van der Waals surface area contributed by atoms with E-state index in [1.165, 1.54) is 16.0 Å². The molecule has 2 N–H and O–H groups in total. The molecule has 1 aromatic heterocycles. The molecule has 0 saturated heterocycles. The molecule has 2 unspecified atom stereocenters. The standard InChI is InChI=1S/C16H21NOS/c1-12(8-13(2)18)17-10-16-9-15(11-19-16)14-6-4-3-5-7-14/h3-7,9,11-13,17-18H,8,10H2,1-2H3. The van der Waals surface area contributed by atoms with Crippen LogP contribution in [0.3, 0.4) is 0 Å². The highest BCUT2D eigenvalue weighted by Gasteiger charge is 2.07. The number of hydrogen-bond acceptors (Lipinski definition) is 3. The summed E-state index contributed by atoms with van der Waals surface area (Å²) in [5.74, 6) is 0. The molecule has 0 amide bonds. The van der Waals surface area contributed by atoms with Crippen molar-refractivity contribution in [2.75, 3.05) is 0 Å². The predicted octanol–water partition coefficient (Wildman–Crippen LogP) is 3.66. The van der Waals surface area contributed by atoms with Crippen LogP contribution in [0.4, 0.5) is 0 Å². The summed E-state index contributed by atoms with van der Waals surface area (Å²) in [6.45, 7) is 4.81. The zero-order valence-electron chi connectivity index (χ0n) is 11.5. The molecule has 3 heteroatoms. The number of aliphatic hydroxyl groups is 1. The van der Waals surface area contributed by atoms with Crippen molar-refractivity contribution in [1.82, 2.24) is 5.32 Å². The molecule has 0 saturated carbocycles. The van der Waals surface area contributed by atoms with Crippen LogP contribution in [0.15, 0.2) is 41.8 Å². The number of nitrogens with one attached hydrogen (secondary N) is 1. The molecule has 2 rings (SSSR count). The Morgan fingerprint density at radius 3 is 2.58 bits per heavy atom. The van der Waals surface area contributed by atoms with Gasteiger partial charge in [0.05, 0.1) is 6.10 Å². The quantitative estimate of drug-likeness (QED) is 0.843. The second kappa shape index (κ2) is 6.85. The number of aliphatic hydroxyl groups excluding tert-OH is 1. The van der Waals surface area contributed by atoms with Crippen molar-refractivity contribution >= 4 is 11.3 Å². The molecule has 19 heavy (non-hydrogen) atoms. The summed E-state index contributed by atoms with van der Waals surface area (Å²) in [4.78, 5) is 1.33. The molecule has 2 nitrogen and oxygen atoms in total. The molecule has 0 fully saturated rings. The van der Waals surface area contributed by atoms with Gasteiger partial charge in [-0.25, -0.2) is 0 Å². The molecule has 0 radical (unpaired) electrons. The topological polar surface area (TPSA) is 32.3 Å². The van der Waals surface area contributed by atoms with Crippen LogP contribution in [-0.2, 0) is 6.54 Å². The molecule has 0 aliphatic carbocycles. The normalized spacial score (nSPS) is 14.3. The van der Waals surface area contributed by atoms with E-state index in [9.17, 15) is 5.11 Å². The van der Waals surface area contributed by atoms with Crippen LogP contribution in [0.1, 0.15) is 25.1 Å². The number of rotatable bonds is 6. The Balaban J connectivity index is 1.91. The SMILES string of the molecule is CC(O)CC(C)NCc1cc(-c2ccccc2)cs1. The van der Waals surface area contributed by atoms with Crippen LogP contribution in [0.2, 0.25) is 0 Å². The van der Waals surface area contributed by atoms with Crippen molar-refractivity contribution in [3.05, 3.63) is 46.7 Å². The minimum atomic E-state index is -0.245. The summed E-state index contributed by atoms with van der Waals surface area (Å²) in [7, 11) is 0. The van der Waals surface area contributed by atoms with Gasteiger partial charge in [-0.15, -0.1) is 11.3 Å². The first-order valence-electron chi connectivity index (χ1n) is 6.69. The number of thiophene rings is 1. The summed E-state index contributed by atoms with van der Waals surface area (Å²) in [6, 6.07) is 13.0. The van der Waals surface area contributed by atoms with Crippen LogP contribution >= 0.6 is 11.3 Å². The minimum Gasteiger partial charge on any atom is -0.393 e. The van der Waals surface area contributed by atoms with Gasteiger partial charge in [-0.1, -0.05) is 30.3 Å². The molecular weight excluding hydrogens is 254 g/mol. The van der Waals surface area contributed by atoms with Crippen molar-refractivity contribution in [2.24, 2.45) is 0 Å². The third-order valence-electron chi connectivity index (χ3n) is 3.08. The van der Waals surface area contributed by atoms with Gasteiger partial charge in [-0.3, -0.25) is 0 Å². The Labute approximate surface area is 119 Å². The van der Waals surface area contributed by atoms with Crippen molar-refractivity contribution in [3.8, 4) is 11.1 Å². The highest BCUT2D eigenvalue weighted by Crippen LogP contribution is 2.25. The zero-order valence-corrected chi connectivity index (χ0v) is 12.3. The molecule has 102 valence electrons. The van der Waals surface area contributed by atoms with E-state index in [-0.39, 0.29) is 6.10 Å². The number of benzene rings is 1. The summed E-state index contributed by atoms with van der Waals surface area (Å²) in [5, 5.41) is 15.0. The molecule has 2 aromatic rings. The molecular formula is C16H21NOS. The summed E-state index contributed by atoms with van der Waals surface area (Å²) in [5.41, 5.74) is 2.55. The lowest BCUT2D eigenvalue weighted by molar-refractivity contribution is 0.170. The largest absolute Gasteiger partial charge is 0.393 e. The van der Waals surface area contributed by atoms with E-state index >= 15 is 0 Å². The molecule has 0 bridgehead atoms. The van der Waals surface area contributed by atoms with E-state index in [0.29, 0.717) is 6.04 Å². The van der Waals surface area contributed by atoms with Gasteiger partial charge in [-0.05, 0) is 42.8 Å². The van der Waals surface area contributed by atoms with Crippen LogP contribution in [0.25, 0.3) is 11.1 Å². The second-order valence-corrected chi connectivity index (χ2v) is 6.03. The zero-order chi connectivity index (χ0) is 13.7. The third-order valence-corrected chi connectivity index (χ3v) is 4.02. The van der Waals surface area contributed by atoms with Crippen LogP contribution < -0.4 is 5.32 Å². The highest BCUT2D eigenvalue weighted by molar-refractivity contribution is 7.10. The van der Waals surface area contributed by atoms with Crippen molar-refractivity contribution in [3.63, 3.8) is 0 Å². The average Bonchev–Trinajstić information content (AvgIpc) is 2.85. The maximum atomic E-state index is 9.34. The fourth-order valence-electron chi connectivity index (χ4n) is 2.13. The van der Waals surface area contributed by atoms with Gasteiger partial charge in [-0.2, -0.15) is 0 Å². The Kier molecular flexibility index (Phi) is 5.14. The van der Waals surface area contributed by atoms with Gasteiger partial charge >= 0.3 is 0 Å². The lowest BCUT2D eigenvalue weighted by Gasteiger charge is -2.14. The highest BCUT2D eigenvalue weighted by atomic mass is 32.1. The van der Waals surface area contributed by atoms with Crippen molar-refractivity contribution < 1.29 is 5.11 Å². The Bertz CT molecular complexity index is 492. The van der Waals surface area contributed by atoms with Gasteiger partial charge in [0.1, 0.15) is 0 Å². The molecule has 0 spiro atoms. The first-order valence-corrected chi connectivity index (χ1v) is 7.57. The lowest BCUT2D eigenvalue weighted by Crippen LogP contribution is -2.28. The fourth-order valence-corrected chi connectivity index (χ4v) is 2.97. The number of hydrogen-bond donors (Lipinski definition) is 2. The Morgan fingerprint density at radius 2 is 1.89 bits per heavy atom. The first kappa shape index (κ1) is 14.3. The van der Waals surface area contributed by atoms with Gasteiger partial charge in [0.2, 0.25) is 0 Å². The lowest BCUT2D eigenvalue weighted by atomic mass is 10.1. The Morgan fingerprint density at radius 1 is 1.16 bits per heavy atom. The monoisotopic (exact) mass is 275 g/mol. The summed E-state index contributed by atoms with van der Waals surface area (Å²) >= 11 is 1.78. The van der Waals surface area contributed by atoms with Crippen molar-refractivity contribution in [1.29, 1.82) is 0 Å². The van der Waals surface area contributed by atoms with Crippen LogP contribution in [-0.4, -0.2) is 17.3 Å².